The second kappa shape index (κ2) is 3.13. The lowest BCUT2D eigenvalue weighted by molar-refractivity contribution is 0.562. The molecule has 2 aromatic heterocycles. The summed E-state index contributed by atoms with van der Waals surface area (Å²) in [4.78, 5) is 1.16. The molecule has 0 fully saturated rings. The third-order valence-electron chi connectivity index (χ3n) is 1.75. The van der Waals surface area contributed by atoms with E-state index in [0.29, 0.717) is 0 Å². The van der Waals surface area contributed by atoms with Gasteiger partial charge < -0.3 is 10.2 Å². The molecule has 62 valence electrons. The Balaban J connectivity index is 2.27. The Hall–Kier alpha value is -1.06. The largest absolute Gasteiger partial charge is 0.472 e. The van der Waals surface area contributed by atoms with Gasteiger partial charge in [0.05, 0.1) is 18.6 Å². The maximum absolute atomic E-state index is 5.96. The molecule has 0 saturated carbocycles. The van der Waals surface area contributed by atoms with Gasteiger partial charge in [-0.2, -0.15) is 0 Å². The summed E-state index contributed by atoms with van der Waals surface area (Å²) in [6.07, 6.45) is 3.33. The minimum absolute atomic E-state index is 0.0382. The van der Waals surface area contributed by atoms with E-state index in [-0.39, 0.29) is 6.04 Å². The average molecular weight is 179 g/mol. The summed E-state index contributed by atoms with van der Waals surface area (Å²) in [6, 6.07) is 5.89. The van der Waals surface area contributed by atoms with Crippen molar-refractivity contribution in [2.75, 3.05) is 0 Å². The van der Waals surface area contributed by atoms with E-state index in [1.54, 1.807) is 23.9 Å². The zero-order valence-electron chi connectivity index (χ0n) is 6.44. The highest BCUT2D eigenvalue weighted by molar-refractivity contribution is 7.10. The van der Waals surface area contributed by atoms with Crippen molar-refractivity contribution in [3.05, 3.63) is 46.5 Å². The van der Waals surface area contributed by atoms with Gasteiger partial charge in [0.2, 0.25) is 0 Å². The van der Waals surface area contributed by atoms with E-state index in [9.17, 15) is 0 Å². The van der Waals surface area contributed by atoms with Crippen molar-refractivity contribution in [3.63, 3.8) is 0 Å². The second-order valence-corrected chi connectivity index (χ2v) is 3.53. The Labute approximate surface area is 74.6 Å². The summed E-state index contributed by atoms with van der Waals surface area (Å²) in [6.45, 7) is 0. The zero-order valence-corrected chi connectivity index (χ0v) is 7.25. The van der Waals surface area contributed by atoms with Gasteiger partial charge in [-0.1, -0.05) is 6.07 Å². The number of hydrogen-bond donors (Lipinski definition) is 1. The SMILES string of the molecule is NC(c1ccoc1)c1cccs1. The second-order valence-electron chi connectivity index (χ2n) is 2.55. The first kappa shape index (κ1) is 7.58. The molecule has 3 heteroatoms. The molecule has 2 N–H and O–H groups in total. The first-order chi connectivity index (χ1) is 5.88. The molecule has 2 rings (SSSR count). The average Bonchev–Trinajstić information content (AvgIpc) is 2.77. The zero-order chi connectivity index (χ0) is 8.39. The van der Waals surface area contributed by atoms with Gasteiger partial charge in [-0.3, -0.25) is 0 Å². The lowest BCUT2D eigenvalue weighted by Crippen LogP contribution is -2.08. The van der Waals surface area contributed by atoms with Crippen molar-refractivity contribution in [2.24, 2.45) is 5.73 Å². The predicted molar refractivity (Wildman–Crippen MR) is 49.1 cm³/mol. The molecule has 2 heterocycles. The normalized spacial score (nSPS) is 13.1. The van der Waals surface area contributed by atoms with Crippen LogP contribution in [-0.2, 0) is 0 Å². The van der Waals surface area contributed by atoms with Gasteiger partial charge in [0.15, 0.2) is 0 Å². The molecular weight excluding hydrogens is 170 g/mol. The van der Waals surface area contributed by atoms with E-state index in [0.717, 1.165) is 10.4 Å². The maximum Gasteiger partial charge on any atom is 0.0954 e. The quantitative estimate of drug-likeness (QED) is 0.768. The Morgan fingerprint density at radius 3 is 2.92 bits per heavy atom. The van der Waals surface area contributed by atoms with Crippen LogP contribution in [-0.4, -0.2) is 0 Å². The van der Waals surface area contributed by atoms with E-state index in [1.807, 2.05) is 23.6 Å². The van der Waals surface area contributed by atoms with E-state index in [2.05, 4.69) is 0 Å². The van der Waals surface area contributed by atoms with Crippen molar-refractivity contribution in [3.8, 4) is 0 Å². The highest BCUT2D eigenvalue weighted by Crippen LogP contribution is 2.23. The smallest absolute Gasteiger partial charge is 0.0954 e. The van der Waals surface area contributed by atoms with Crippen LogP contribution in [0.1, 0.15) is 16.5 Å². The number of hydrogen-bond acceptors (Lipinski definition) is 3. The van der Waals surface area contributed by atoms with Crippen molar-refractivity contribution < 1.29 is 4.42 Å². The molecule has 2 nitrogen and oxygen atoms in total. The van der Waals surface area contributed by atoms with Crippen LogP contribution in [0.3, 0.4) is 0 Å². The van der Waals surface area contributed by atoms with Crippen LogP contribution < -0.4 is 5.73 Å². The molecule has 0 aliphatic rings. The molecule has 0 radical (unpaired) electrons. The van der Waals surface area contributed by atoms with Crippen LogP contribution in [0, 0.1) is 0 Å². The molecule has 0 aromatic carbocycles. The predicted octanol–water partition coefficient (Wildman–Crippen LogP) is 2.39. The summed E-state index contributed by atoms with van der Waals surface area (Å²) in [5.41, 5.74) is 6.98. The fourth-order valence-corrected chi connectivity index (χ4v) is 1.84. The topological polar surface area (TPSA) is 39.2 Å². The summed E-state index contributed by atoms with van der Waals surface area (Å²) in [5, 5.41) is 2.02. The van der Waals surface area contributed by atoms with Crippen molar-refractivity contribution in [1.29, 1.82) is 0 Å². The third-order valence-corrected chi connectivity index (χ3v) is 2.71. The molecule has 0 saturated heterocycles. The Morgan fingerprint density at radius 2 is 2.33 bits per heavy atom. The Morgan fingerprint density at radius 1 is 1.42 bits per heavy atom. The standard InChI is InChI=1S/C9H9NOS/c10-9(7-3-4-11-6-7)8-2-1-5-12-8/h1-6,9H,10H2. The van der Waals surface area contributed by atoms with Crippen LogP contribution in [0.15, 0.2) is 40.5 Å². The van der Waals surface area contributed by atoms with Gasteiger partial charge in [-0.25, -0.2) is 0 Å². The highest BCUT2D eigenvalue weighted by atomic mass is 32.1. The summed E-state index contributed by atoms with van der Waals surface area (Å²) in [5.74, 6) is 0. The first-order valence-electron chi connectivity index (χ1n) is 3.69. The number of thiophene rings is 1. The van der Waals surface area contributed by atoms with E-state index in [4.69, 9.17) is 10.2 Å². The van der Waals surface area contributed by atoms with E-state index in [1.165, 1.54) is 0 Å². The van der Waals surface area contributed by atoms with Gasteiger partial charge in [0.25, 0.3) is 0 Å². The van der Waals surface area contributed by atoms with E-state index < -0.39 is 0 Å². The van der Waals surface area contributed by atoms with Crippen LogP contribution in [0.4, 0.5) is 0 Å². The van der Waals surface area contributed by atoms with Crippen LogP contribution in [0.2, 0.25) is 0 Å². The van der Waals surface area contributed by atoms with Gasteiger partial charge in [-0.15, -0.1) is 11.3 Å². The number of nitrogens with two attached hydrogens (primary N) is 1. The van der Waals surface area contributed by atoms with Crippen LogP contribution in [0.25, 0.3) is 0 Å². The molecule has 2 aromatic rings. The maximum atomic E-state index is 5.96. The van der Waals surface area contributed by atoms with Gasteiger partial charge in [0, 0.05) is 10.4 Å². The first-order valence-corrected chi connectivity index (χ1v) is 4.57. The molecule has 0 amide bonds. The minimum Gasteiger partial charge on any atom is -0.472 e. The summed E-state index contributed by atoms with van der Waals surface area (Å²) >= 11 is 1.66. The van der Waals surface area contributed by atoms with Gasteiger partial charge in [-0.05, 0) is 17.5 Å². The monoisotopic (exact) mass is 179 g/mol. The molecule has 0 aliphatic heterocycles. The minimum atomic E-state index is -0.0382. The molecule has 1 unspecified atom stereocenters. The summed E-state index contributed by atoms with van der Waals surface area (Å²) < 4.78 is 4.96. The van der Waals surface area contributed by atoms with Gasteiger partial charge in [0.1, 0.15) is 0 Å². The van der Waals surface area contributed by atoms with Gasteiger partial charge >= 0.3 is 0 Å². The number of furan rings is 1. The molecule has 1 atom stereocenters. The molecule has 0 spiro atoms. The summed E-state index contributed by atoms with van der Waals surface area (Å²) in [7, 11) is 0. The molecule has 12 heavy (non-hydrogen) atoms. The highest BCUT2D eigenvalue weighted by Gasteiger charge is 2.09. The van der Waals surface area contributed by atoms with Crippen molar-refractivity contribution >= 4 is 11.3 Å². The lowest BCUT2D eigenvalue weighted by Gasteiger charge is -2.04. The third kappa shape index (κ3) is 1.29. The van der Waals surface area contributed by atoms with E-state index >= 15 is 0 Å². The fraction of sp³-hybridized carbons (Fsp3) is 0.111. The van der Waals surface area contributed by atoms with Crippen LogP contribution in [0.5, 0.6) is 0 Å². The Bertz CT molecular complexity index is 291. The molecule has 0 bridgehead atoms. The lowest BCUT2D eigenvalue weighted by atomic mass is 10.1. The fourth-order valence-electron chi connectivity index (χ4n) is 1.08. The molecule has 0 aliphatic carbocycles. The molecular formula is C9H9NOS. The van der Waals surface area contributed by atoms with Crippen molar-refractivity contribution in [2.45, 2.75) is 6.04 Å². The van der Waals surface area contributed by atoms with Crippen molar-refractivity contribution in [1.82, 2.24) is 0 Å². The number of rotatable bonds is 2. The Kier molecular flexibility index (Phi) is 1.98. The van der Waals surface area contributed by atoms with Crippen LogP contribution >= 0.6 is 11.3 Å².